The Kier molecular flexibility index (Phi) is 4.33. The van der Waals surface area contributed by atoms with Crippen molar-refractivity contribution in [2.45, 2.75) is 33.6 Å². The van der Waals surface area contributed by atoms with Gasteiger partial charge in [-0.15, -0.1) is 0 Å². The van der Waals surface area contributed by atoms with Crippen LogP contribution in [0.4, 0.5) is 0 Å². The Labute approximate surface area is 88.6 Å². The SMILES string of the molecule is CCCC(N)=C(C(=O)O)C(C)(C)C(=O)O. The number of nitrogens with two attached hydrogens (primary N) is 1. The number of hydrogen-bond donors (Lipinski definition) is 3. The van der Waals surface area contributed by atoms with Gasteiger partial charge in [-0.1, -0.05) is 13.3 Å². The minimum Gasteiger partial charge on any atom is -0.481 e. The lowest BCUT2D eigenvalue weighted by Crippen LogP contribution is -2.32. The average Bonchev–Trinajstić information content (AvgIpc) is 2.02. The highest BCUT2D eigenvalue weighted by molar-refractivity contribution is 5.96. The van der Waals surface area contributed by atoms with Crippen molar-refractivity contribution in [3.63, 3.8) is 0 Å². The summed E-state index contributed by atoms with van der Waals surface area (Å²) in [6, 6.07) is 0. The molecule has 0 atom stereocenters. The number of carbonyl (C=O) groups is 2. The second-order valence-electron chi connectivity index (χ2n) is 3.89. The van der Waals surface area contributed by atoms with Crippen LogP contribution in [0.5, 0.6) is 0 Å². The van der Waals surface area contributed by atoms with Crippen molar-refractivity contribution in [1.82, 2.24) is 0 Å². The molecule has 0 radical (unpaired) electrons. The van der Waals surface area contributed by atoms with Gasteiger partial charge in [0.2, 0.25) is 0 Å². The van der Waals surface area contributed by atoms with Gasteiger partial charge in [-0.3, -0.25) is 4.79 Å². The first-order valence-corrected chi connectivity index (χ1v) is 4.70. The van der Waals surface area contributed by atoms with Gasteiger partial charge in [0.15, 0.2) is 0 Å². The lowest BCUT2D eigenvalue weighted by Gasteiger charge is -2.22. The summed E-state index contributed by atoms with van der Waals surface area (Å²) in [5.74, 6) is -2.47. The second kappa shape index (κ2) is 4.82. The molecule has 0 fully saturated rings. The molecule has 0 rings (SSSR count). The molecule has 0 spiro atoms. The van der Waals surface area contributed by atoms with E-state index in [-0.39, 0.29) is 11.3 Å². The normalized spacial score (nSPS) is 13.3. The van der Waals surface area contributed by atoms with Crippen molar-refractivity contribution in [3.05, 3.63) is 11.3 Å². The number of carboxylic acids is 2. The molecule has 5 nitrogen and oxygen atoms in total. The quantitative estimate of drug-likeness (QED) is 0.598. The zero-order chi connectivity index (χ0) is 12.2. The van der Waals surface area contributed by atoms with E-state index in [4.69, 9.17) is 15.9 Å². The van der Waals surface area contributed by atoms with Gasteiger partial charge in [-0.05, 0) is 20.3 Å². The third-order valence-electron chi connectivity index (χ3n) is 2.21. The molecule has 0 amide bonds. The van der Waals surface area contributed by atoms with Crippen LogP contribution in [0, 0.1) is 5.41 Å². The van der Waals surface area contributed by atoms with E-state index >= 15 is 0 Å². The maximum Gasteiger partial charge on any atom is 0.334 e. The van der Waals surface area contributed by atoms with Crippen molar-refractivity contribution in [2.24, 2.45) is 11.1 Å². The number of carboxylic acid groups (broad SMARTS) is 2. The molecule has 0 aliphatic carbocycles. The van der Waals surface area contributed by atoms with E-state index in [2.05, 4.69) is 0 Å². The minimum absolute atomic E-state index is 0.136. The van der Waals surface area contributed by atoms with Gasteiger partial charge >= 0.3 is 11.9 Å². The Bertz CT molecular complexity index is 305. The van der Waals surface area contributed by atoms with Crippen LogP contribution in [-0.2, 0) is 9.59 Å². The van der Waals surface area contributed by atoms with E-state index in [1.54, 1.807) is 0 Å². The van der Waals surface area contributed by atoms with Crippen LogP contribution in [-0.4, -0.2) is 22.2 Å². The van der Waals surface area contributed by atoms with Crippen molar-refractivity contribution in [3.8, 4) is 0 Å². The second-order valence-corrected chi connectivity index (χ2v) is 3.89. The fourth-order valence-corrected chi connectivity index (χ4v) is 1.31. The Morgan fingerprint density at radius 1 is 1.27 bits per heavy atom. The predicted molar refractivity (Wildman–Crippen MR) is 55.2 cm³/mol. The smallest absolute Gasteiger partial charge is 0.334 e. The van der Waals surface area contributed by atoms with Crippen LogP contribution in [0.3, 0.4) is 0 Å². The topological polar surface area (TPSA) is 101 Å². The van der Waals surface area contributed by atoms with E-state index in [1.807, 2.05) is 6.92 Å². The Morgan fingerprint density at radius 2 is 1.73 bits per heavy atom. The molecular formula is C10H17NO4. The van der Waals surface area contributed by atoms with Crippen molar-refractivity contribution >= 4 is 11.9 Å². The average molecular weight is 215 g/mol. The summed E-state index contributed by atoms with van der Waals surface area (Å²) < 4.78 is 0. The van der Waals surface area contributed by atoms with Crippen LogP contribution in [0.2, 0.25) is 0 Å². The third-order valence-corrected chi connectivity index (χ3v) is 2.21. The molecule has 15 heavy (non-hydrogen) atoms. The zero-order valence-corrected chi connectivity index (χ0v) is 9.20. The first-order valence-electron chi connectivity index (χ1n) is 4.70. The van der Waals surface area contributed by atoms with Crippen molar-refractivity contribution in [2.75, 3.05) is 0 Å². The lowest BCUT2D eigenvalue weighted by molar-refractivity contribution is -0.148. The molecule has 0 aromatic carbocycles. The van der Waals surface area contributed by atoms with Gasteiger partial charge in [-0.2, -0.15) is 0 Å². The van der Waals surface area contributed by atoms with Gasteiger partial charge in [-0.25, -0.2) is 4.79 Å². The summed E-state index contributed by atoms with van der Waals surface area (Å²) in [5.41, 5.74) is 4.03. The molecule has 0 aliphatic rings. The fourth-order valence-electron chi connectivity index (χ4n) is 1.31. The largest absolute Gasteiger partial charge is 0.481 e. The molecule has 0 unspecified atom stereocenters. The molecule has 0 aliphatic heterocycles. The number of rotatable bonds is 5. The summed E-state index contributed by atoms with van der Waals surface area (Å²) >= 11 is 0. The van der Waals surface area contributed by atoms with E-state index in [0.717, 1.165) is 0 Å². The molecule has 0 aromatic rings. The summed E-state index contributed by atoms with van der Waals surface area (Å²) in [7, 11) is 0. The van der Waals surface area contributed by atoms with Crippen molar-refractivity contribution in [1.29, 1.82) is 0 Å². The Morgan fingerprint density at radius 3 is 2.00 bits per heavy atom. The lowest BCUT2D eigenvalue weighted by atomic mass is 9.82. The molecule has 0 heterocycles. The maximum atomic E-state index is 11.0. The molecule has 0 saturated carbocycles. The first-order chi connectivity index (χ1) is 6.75. The predicted octanol–water partition coefficient (Wildman–Crippen LogP) is 1.19. The monoisotopic (exact) mass is 215 g/mol. The molecule has 4 N–H and O–H groups in total. The summed E-state index contributed by atoms with van der Waals surface area (Å²) in [6.07, 6.45) is 1.07. The summed E-state index contributed by atoms with van der Waals surface area (Å²) in [6.45, 7) is 4.52. The first kappa shape index (κ1) is 13.5. The van der Waals surface area contributed by atoms with Gasteiger partial charge in [0.25, 0.3) is 0 Å². The third kappa shape index (κ3) is 2.97. The van der Waals surface area contributed by atoms with Gasteiger partial charge in [0.1, 0.15) is 0 Å². The number of allylic oxidation sites excluding steroid dienone is 1. The van der Waals surface area contributed by atoms with E-state index in [9.17, 15) is 9.59 Å². The highest BCUT2D eigenvalue weighted by atomic mass is 16.4. The van der Waals surface area contributed by atoms with Crippen LogP contribution in [0.25, 0.3) is 0 Å². The van der Waals surface area contributed by atoms with Gasteiger partial charge in [0.05, 0.1) is 11.0 Å². The van der Waals surface area contributed by atoms with E-state index in [1.165, 1.54) is 13.8 Å². The zero-order valence-electron chi connectivity index (χ0n) is 9.20. The molecule has 0 aromatic heterocycles. The molecule has 0 bridgehead atoms. The molecule has 86 valence electrons. The number of aliphatic carboxylic acids is 2. The summed E-state index contributed by atoms with van der Waals surface area (Å²) in [4.78, 5) is 21.9. The molecular weight excluding hydrogens is 198 g/mol. The summed E-state index contributed by atoms with van der Waals surface area (Å²) in [5, 5.41) is 17.9. The Balaban J connectivity index is 5.42. The van der Waals surface area contributed by atoms with E-state index < -0.39 is 17.4 Å². The van der Waals surface area contributed by atoms with Gasteiger partial charge in [0, 0.05) is 5.70 Å². The Hall–Kier alpha value is -1.52. The van der Waals surface area contributed by atoms with Gasteiger partial charge < -0.3 is 15.9 Å². The number of hydrogen-bond acceptors (Lipinski definition) is 3. The fraction of sp³-hybridized carbons (Fsp3) is 0.600. The van der Waals surface area contributed by atoms with Crippen LogP contribution in [0.1, 0.15) is 33.6 Å². The standard InChI is InChI=1S/C10H17NO4/c1-4-5-6(11)7(8(12)13)10(2,3)9(14)15/h4-5,11H2,1-3H3,(H,12,13)(H,14,15). The molecule has 0 saturated heterocycles. The van der Waals surface area contributed by atoms with Crippen LogP contribution < -0.4 is 5.73 Å². The molecule has 5 heteroatoms. The minimum atomic E-state index is -1.47. The van der Waals surface area contributed by atoms with Crippen LogP contribution >= 0.6 is 0 Å². The maximum absolute atomic E-state index is 11.0. The van der Waals surface area contributed by atoms with Crippen LogP contribution in [0.15, 0.2) is 11.3 Å². The van der Waals surface area contributed by atoms with E-state index in [0.29, 0.717) is 12.8 Å². The van der Waals surface area contributed by atoms with Crippen molar-refractivity contribution < 1.29 is 19.8 Å². The highest BCUT2D eigenvalue weighted by Crippen LogP contribution is 2.29. The highest BCUT2D eigenvalue weighted by Gasteiger charge is 2.37.